The van der Waals surface area contributed by atoms with Gasteiger partial charge in [0.15, 0.2) is 0 Å². The lowest BCUT2D eigenvalue weighted by Gasteiger charge is -2.35. The molecule has 2 rings (SSSR count). The van der Waals surface area contributed by atoms with Gasteiger partial charge in [-0.15, -0.1) is 0 Å². The van der Waals surface area contributed by atoms with Crippen LogP contribution in [-0.4, -0.2) is 74.6 Å². The van der Waals surface area contributed by atoms with E-state index in [0.717, 1.165) is 39.3 Å². The van der Waals surface area contributed by atoms with Gasteiger partial charge in [-0.25, -0.2) is 0 Å². The summed E-state index contributed by atoms with van der Waals surface area (Å²) in [7, 11) is 1.70. The van der Waals surface area contributed by atoms with Crippen molar-refractivity contribution in [3.8, 4) is 0 Å². The lowest BCUT2D eigenvalue weighted by Crippen LogP contribution is -2.51. The first-order chi connectivity index (χ1) is 8.70. The average Bonchev–Trinajstić information content (AvgIpc) is 2.83. The van der Waals surface area contributed by atoms with Crippen LogP contribution in [0.3, 0.4) is 0 Å². The molecule has 18 heavy (non-hydrogen) atoms. The topological polar surface area (TPSA) is 61.9 Å². The number of carbonyl (C=O) groups excluding carboxylic acids is 2. The fraction of sp³-hybridized carbons (Fsp3) is 0.833. The van der Waals surface area contributed by atoms with Crippen LogP contribution in [0.4, 0.5) is 0 Å². The molecule has 0 aromatic rings. The molecule has 2 aliphatic heterocycles. The quantitative estimate of drug-likeness (QED) is 0.693. The molecule has 0 spiro atoms. The standard InChI is InChI=1S/C12H21N3O3/c1-18-7-6-14-2-4-15(5-3-14)12(17)10-8-11(16)13-9-10/h10H,2-9H2,1H3,(H,13,16). The summed E-state index contributed by atoms with van der Waals surface area (Å²) in [5.74, 6) is -0.0325. The Morgan fingerprint density at radius 3 is 2.67 bits per heavy atom. The van der Waals surface area contributed by atoms with Gasteiger partial charge in [0.1, 0.15) is 0 Å². The van der Waals surface area contributed by atoms with Crippen molar-refractivity contribution in [2.45, 2.75) is 6.42 Å². The van der Waals surface area contributed by atoms with Gasteiger partial charge in [0, 0.05) is 52.8 Å². The lowest BCUT2D eigenvalue weighted by atomic mass is 10.1. The number of carbonyl (C=O) groups is 2. The molecule has 0 bridgehead atoms. The Morgan fingerprint density at radius 2 is 2.11 bits per heavy atom. The van der Waals surface area contributed by atoms with Crippen LogP contribution in [0.15, 0.2) is 0 Å². The highest BCUT2D eigenvalue weighted by molar-refractivity contribution is 5.89. The highest BCUT2D eigenvalue weighted by Crippen LogP contribution is 2.14. The molecule has 6 nitrogen and oxygen atoms in total. The number of ether oxygens (including phenoxy) is 1. The zero-order chi connectivity index (χ0) is 13.0. The molecule has 0 aromatic heterocycles. The molecule has 1 atom stereocenters. The lowest BCUT2D eigenvalue weighted by molar-refractivity contribution is -0.137. The van der Waals surface area contributed by atoms with Crippen LogP contribution in [0.25, 0.3) is 0 Å². The Morgan fingerprint density at radius 1 is 1.39 bits per heavy atom. The largest absolute Gasteiger partial charge is 0.383 e. The van der Waals surface area contributed by atoms with Crippen molar-refractivity contribution in [1.82, 2.24) is 15.1 Å². The van der Waals surface area contributed by atoms with E-state index in [-0.39, 0.29) is 17.7 Å². The van der Waals surface area contributed by atoms with Crippen molar-refractivity contribution in [1.29, 1.82) is 0 Å². The second-order valence-electron chi connectivity index (χ2n) is 4.86. The van der Waals surface area contributed by atoms with Crippen LogP contribution in [0.5, 0.6) is 0 Å². The minimum atomic E-state index is -0.150. The zero-order valence-electron chi connectivity index (χ0n) is 10.9. The molecule has 6 heteroatoms. The Bertz CT molecular complexity index is 314. The molecule has 2 aliphatic rings. The summed E-state index contributed by atoms with van der Waals surface area (Å²) in [4.78, 5) is 27.4. The third kappa shape index (κ3) is 3.20. The number of nitrogens with one attached hydrogen (secondary N) is 1. The summed E-state index contributed by atoms with van der Waals surface area (Å²) in [6, 6.07) is 0. The smallest absolute Gasteiger partial charge is 0.228 e. The second kappa shape index (κ2) is 6.15. The van der Waals surface area contributed by atoms with Gasteiger partial charge in [0.05, 0.1) is 12.5 Å². The van der Waals surface area contributed by atoms with Crippen molar-refractivity contribution in [3.05, 3.63) is 0 Å². The maximum absolute atomic E-state index is 12.2. The van der Waals surface area contributed by atoms with Crippen molar-refractivity contribution >= 4 is 11.8 Å². The van der Waals surface area contributed by atoms with Crippen LogP contribution >= 0.6 is 0 Å². The number of hydrogen-bond acceptors (Lipinski definition) is 4. The van der Waals surface area contributed by atoms with E-state index in [0.29, 0.717) is 13.0 Å². The van der Waals surface area contributed by atoms with E-state index in [4.69, 9.17) is 4.74 Å². The van der Waals surface area contributed by atoms with Crippen LogP contribution in [-0.2, 0) is 14.3 Å². The fourth-order valence-corrected chi connectivity index (χ4v) is 2.45. The predicted molar refractivity (Wildman–Crippen MR) is 66.0 cm³/mol. The van der Waals surface area contributed by atoms with Gasteiger partial charge >= 0.3 is 0 Å². The van der Waals surface area contributed by atoms with Gasteiger partial charge in [0.2, 0.25) is 11.8 Å². The van der Waals surface area contributed by atoms with E-state index in [1.807, 2.05) is 4.90 Å². The number of nitrogens with zero attached hydrogens (tertiary/aromatic N) is 2. The first-order valence-electron chi connectivity index (χ1n) is 6.47. The van der Waals surface area contributed by atoms with Crippen molar-refractivity contribution < 1.29 is 14.3 Å². The second-order valence-corrected chi connectivity index (χ2v) is 4.86. The van der Waals surface area contributed by atoms with E-state index in [9.17, 15) is 9.59 Å². The number of amides is 2. The number of hydrogen-bond donors (Lipinski definition) is 1. The zero-order valence-corrected chi connectivity index (χ0v) is 10.9. The summed E-state index contributed by atoms with van der Waals surface area (Å²) in [6.07, 6.45) is 0.350. The van der Waals surface area contributed by atoms with Crippen LogP contribution in [0.2, 0.25) is 0 Å². The Labute approximate surface area is 107 Å². The molecule has 2 fully saturated rings. The molecule has 2 amide bonds. The third-order valence-electron chi connectivity index (χ3n) is 3.62. The molecule has 0 aliphatic carbocycles. The van der Waals surface area contributed by atoms with Gasteiger partial charge in [-0.1, -0.05) is 0 Å². The summed E-state index contributed by atoms with van der Waals surface area (Å²) in [5, 5.41) is 2.71. The average molecular weight is 255 g/mol. The number of methoxy groups -OCH3 is 1. The molecule has 0 radical (unpaired) electrons. The van der Waals surface area contributed by atoms with Crippen molar-refractivity contribution in [3.63, 3.8) is 0 Å². The van der Waals surface area contributed by atoms with Crippen molar-refractivity contribution in [2.75, 3.05) is 53.0 Å². The van der Waals surface area contributed by atoms with E-state index in [1.54, 1.807) is 7.11 Å². The summed E-state index contributed by atoms with van der Waals surface area (Å²) < 4.78 is 5.04. The Balaban J connectivity index is 1.75. The van der Waals surface area contributed by atoms with E-state index >= 15 is 0 Å². The minimum absolute atomic E-state index is 0.00733. The molecule has 2 heterocycles. The molecule has 0 aromatic carbocycles. The summed E-state index contributed by atoms with van der Waals surface area (Å²) in [6.45, 7) is 5.45. The van der Waals surface area contributed by atoms with Gasteiger partial charge in [0.25, 0.3) is 0 Å². The Kier molecular flexibility index (Phi) is 4.54. The van der Waals surface area contributed by atoms with Crippen LogP contribution < -0.4 is 5.32 Å². The third-order valence-corrected chi connectivity index (χ3v) is 3.62. The molecular weight excluding hydrogens is 234 g/mol. The molecular formula is C12H21N3O3. The van der Waals surface area contributed by atoms with Gasteiger partial charge in [-0.05, 0) is 0 Å². The molecule has 2 saturated heterocycles. The monoisotopic (exact) mass is 255 g/mol. The van der Waals surface area contributed by atoms with Gasteiger partial charge in [-0.2, -0.15) is 0 Å². The number of rotatable bonds is 4. The first kappa shape index (κ1) is 13.3. The van der Waals surface area contributed by atoms with Gasteiger partial charge in [-0.3, -0.25) is 14.5 Å². The van der Waals surface area contributed by atoms with Crippen LogP contribution in [0, 0.1) is 5.92 Å². The predicted octanol–water partition coefficient (Wildman–Crippen LogP) is -1.09. The maximum Gasteiger partial charge on any atom is 0.228 e. The molecule has 102 valence electrons. The normalized spacial score (nSPS) is 25.3. The first-order valence-corrected chi connectivity index (χ1v) is 6.47. The highest BCUT2D eigenvalue weighted by atomic mass is 16.5. The maximum atomic E-state index is 12.2. The van der Waals surface area contributed by atoms with E-state index < -0.39 is 0 Å². The van der Waals surface area contributed by atoms with E-state index in [1.165, 1.54) is 0 Å². The number of piperazine rings is 1. The van der Waals surface area contributed by atoms with E-state index in [2.05, 4.69) is 10.2 Å². The Hall–Kier alpha value is -1.14. The van der Waals surface area contributed by atoms with Crippen molar-refractivity contribution in [2.24, 2.45) is 5.92 Å². The van der Waals surface area contributed by atoms with Gasteiger partial charge < -0.3 is 15.0 Å². The summed E-state index contributed by atoms with van der Waals surface area (Å²) >= 11 is 0. The summed E-state index contributed by atoms with van der Waals surface area (Å²) in [5.41, 5.74) is 0. The minimum Gasteiger partial charge on any atom is -0.383 e. The van der Waals surface area contributed by atoms with Crippen LogP contribution in [0.1, 0.15) is 6.42 Å². The molecule has 1 unspecified atom stereocenters. The fourth-order valence-electron chi connectivity index (χ4n) is 2.45. The highest BCUT2D eigenvalue weighted by Gasteiger charge is 2.32. The SMILES string of the molecule is COCCN1CCN(C(=O)C2CNC(=O)C2)CC1. The molecule has 1 N–H and O–H groups in total. The molecule has 0 saturated carbocycles.